The molecule has 1 nitrogen and oxygen atoms in total. The van der Waals surface area contributed by atoms with Gasteiger partial charge in [0.25, 0.3) is 0 Å². The third-order valence-electron chi connectivity index (χ3n) is 5.08. The summed E-state index contributed by atoms with van der Waals surface area (Å²) in [5.74, 6) is 0. The Hall–Kier alpha value is -2.63. The fraction of sp³-hybridized carbons (Fsp3) is 0.214. The second-order valence-electron chi connectivity index (χ2n) is 7.42. The molecule has 0 N–H and O–H groups in total. The van der Waals surface area contributed by atoms with Gasteiger partial charge in [-0.15, -0.1) is 0 Å². The Balaban J connectivity index is 1.72. The van der Waals surface area contributed by atoms with Gasteiger partial charge in [-0.05, 0) is 62.2 Å². The van der Waals surface area contributed by atoms with Gasteiger partial charge < -0.3 is 4.90 Å². The van der Waals surface area contributed by atoms with Crippen molar-refractivity contribution in [3.63, 3.8) is 0 Å². The molecule has 0 bridgehead atoms. The van der Waals surface area contributed by atoms with Gasteiger partial charge in [-0.1, -0.05) is 98.5 Å². The highest BCUT2D eigenvalue weighted by atomic mass is 31.1. The lowest BCUT2D eigenvalue weighted by atomic mass is 10.2. The number of rotatable bonds is 10. The molecule has 0 spiro atoms. The topological polar surface area (TPSA) is 3.24 Å². The minimum absolute atomic E-state index is 0.204. The van der Waals surface area contributed by atoms with E-state index in [1.165, 1.54) is 34.8 Å². The minimum Gasteiger partial charge on any atom is -0.341 e. The SMILES string of the molecule is CC=CC=CCP(CCCN(c1ccccc1)c1ccccc1)c1cccc(C)c1. The van der Waals surface area contributed by atoms with Crippen LogP contribution in [0, 0.1) is 6.92 Å². The molecule has 1 atom stereocenters. The van der Waals surface area contributed by atoms with Crippen molar-refractivity contribution in [2.75, 3.05) is 23.8 Å². The maximum atomic E-state index is 2.44. The van der Waals surface area contributed by atoms with Gasteiger partial charge >= 0.3 is 0 Å². The summed E-state index contributed by atoms with van der Waals surface area (Å²) in [4.78, 5) is 2.44. The van der Waals surface area contributed by atoms with Crippen LogP contribution in [-0.4, -0.2) is 18.9 Å². The van der Waals surface area contributed by atoms with Crippen LogP contribution >= 0.6 is 7.92 Å². The summed E-state index contributed by atoms with van der Waals surface area (Å²) in [6, 6.07) is 30.6. The lowest BCUT2D eigenvalue weighted by Crippen LogP contribution is -2.20. The molecule has 0 saturated carbocycles. The molecule has 0 fully saturated rings. The molecule has 2 heteroatoms. The quantitative estimate of drug-likeness (QED) is 0.246. The molecule has 1 unspecified atom stereocenters. The Labute approximate surface area is 183 Å². The number of hydrogen-bond acceptors (Lipinski definition) is 1. The number of hydrogen-bond donors (Lipinski definition) is 0. The molecule has 0 aliphatic carbocycles. The first-order valence-corrected chi connectivity index (χ1v) is 12.5. The van der Waals surface area contributed by atoms with Crippen molar-refractivity contribution in [3.8, 4) is 0 Å². The number of anilines is 2. The number of aryl methyl sites for hydroxylation is 1. The van der Waals surface area contributed by atoms with Crippen LogP contribution in [-0.2, 0) is 0 Å². The van der Waals surface area contributed by atoms with E-state index in [0.29, 0.717) is 0 Å². The lowest BCUT2D eigenvalue weighted by molar-refractivity contribution is 0.891. The zero-order valence-corrected chi connectivity index (χ0v) is 19.0. The normalized spacial score (nSPS) is 12.5. The Kier molecular flexibility index (Phi) is 8.94. The van der Waals surface area contributed by atoms with E-state index in [-0.39, 0.29) is 7.92 Å². The van der Waals surface area contributed by atoms with E-state index >= 15 is 0 Å². The van der Waals surface area contributed by atoms with E-state index < -0.39 is 0 Å². The van der Waals surface area contributed by atoms with Crippen LogP contribution in [0.4, 0.5) is 11.4 Å². The van der Waals surface area contributed by atoms with E-state index in [9.17, 15) is 0 Å². The molecule has 0 aromatic heterocycles. The maximum Gasteiger partial charge on any atom is 0.0410 e. The van der Waals surface area contributed by atoms with Gasteiger partial charge in [-0.2, -0.15) is 0 Å². The smallest absolute Gasteiger partial charge is 0.0410 e. The molecule has 3 aromatic carbocycles. The third-order valence-corrected chi connectivity index (χ3v) is 7.59. The van der Waals surface area contributed by atoms with Crippen LogP contribution in [0.5, 0.6) is 0 Å². The minimum atomic E-state index is -0.204. The van der Waals surface area contributed by atoms with Gasteiger partial charge in [0.15, 0.2) is 0 Å². The number of para-hydroxylation sites is 2. The van der Waals surface area contributed by atoms with Crippen molar-refractivity contribution in [1.82, 2.24) is 0 Å². The van der Waals surface area contributed by atoms with Gasteiger partial charge in [-0.3, -0.25) is 0 Å². The van der Waals surface area contributed by atoms with E-state index in [1.54, 1.807) is 0 Å². The van der Waals surface area contributed by atoms with Crippen LogP contribution in [0.1, 0.15) is 18.9 Å². The van der Waals surface area contributed by atoms with Crippen LogP contribution in [0.3, 0.4) is 0 Å². The predicted molar refractivity (Wildman–Crippen MR) is 136 cm³/mol. The highest BCUT2D eigenvalue weighted by molar-refractivity contribution is 7.65. The summed E-state index contributed by atoms with van der Waals surface area (Å²) in [6.07, 6.45) is 12.3. The van der Waals surface area contributed by atoms with Crippen LogP contribution < -0.4 is 10.2 Å². The summed E-state index contributed by atoms with van der Waals surface area (Å²) >= 11 is 0. The van der Waals surface area contributed by atoms with Crippen molar-refractivity contribution in [1.29, 1.82) is 0 Å². The number of nitrogens with zero attached hydrogens (tertiary/aromatic N) is 1. The average molecular weight is 414 g/mol. The molecule has 30 heavy (non-hydrogen) atoms. The monoisotopic (exact) mass is 413 g/mol. The average Bonchev–Trinajstić information content (AvgIpc) is 2.79. The van der Waals surface area contributed by atoms with Crippen molar-refractivity contribution in [2.24, 2.45) is 0 Å². The fourth-order valence-corrected chi connectivity index (χ4v) is 5.81. The van der Waals surface area contributed by atoms with Crippen LogP contribution in [0.2, 0.25) is 0 Å². The molecular formula is C28H32NP. The first-order valence-electron chi connectivity index (χ1n) is 10.7. The number of benzene rings is 3. The van der Waals surface area contributed by atoms with Gasteiger partial charge in [0.05, 0.1) is 0 Å². The molecule has 3 aromatic rings. The van der Waals surface area contributed by atoms with Gasteiger partial charge in [-0.25, -0.2) is 0 Å². The first-order chi connectivity index (χ1) is 14.8. The summed E-state index contributed by atoms with van der Waals surface area (Å²) in [5.41, 5.74) is 3.88. The third kappa shape index (κ3) is 6.71. The molecular weight excluding hydrogens is 381 g/mol. The fourth-order valence-electron chi connectivity index (χ4n) is 3.57. The van der Waals surface area contributed by atoms with E-state index in [2.05, 4.69) is 128 Å². The first kappa shape index (κ1) is 22.1. The predicted octanol–water partition coefficient (Wildman–Crippen LogP) is 7.46. The maximum absolute atomic E-state index is 2.44. The second kappa shape index (κ2) is 12.2. The molecule has 0 aliphatic rings. The largest absolute Gasteiger partial charge is 0.341 e. The molecule has 3 rings (SSSR count). The Bertz CT molecular complexity index is 892. The zero-order chi connectivity index (χ0) is 21.0. The van der Waals surface area contributed by atoms with Gasteiger partial charge in [0.2, 0.25) is 0 Å². The lowest BCUT2D eigenvalue weighted by Gasteiger charge is -2.26. The highest BCUT2D eigenvalue weighted by Gasteiger charge is 2.13. The van der Waals surface area contributed by atoms with E-state index in [1.807, 2.05) is 0 Å². The van der Waals surface area contributed by atoms with Crippen molar-refractivity contribution >= 4 is 24.6 Å². The van der Waals surface area contributed by atoms with Crippen LogP contribution in [0.15, 0.2) is 109 Å². The van der Waals surface area contributed by atoms with Crippen molar-refractivity contribution in [3.05, 3.63) is 115 Å². The molecule has 0 heterocycles. The molecule has 0 aliphatic heterocycles. The standard InChI is InChI=1S/C28H32NP/c1-3-4-5-12-22-30(28-20-13-15-25(2)24-28)23-14-21-29(26-16-8-6-9-17-26)27-18-10-7-11-19-27/h3-13,15-20,24H,14,21-23H2,1-2H3. The Morgan fingerprint density at radius 1 is 0.800 bits per heavy atom. The summed E-state index contributed by atoms with van der Waals surface area (Å²) in [7, 11) is -0.204. The Morgan fingerprint density at radius 3 is 2.07 bits per heavy atom. The summed E-state index contributed by atoms with van der Waals surface area (Å²) < 4.78 is 0. The summed E-state index contributed by atoms with van der Waals surface area (Å²) in [5, 5.41) is 1.51. The van der Waals surface area contributed by atoms with Crippen molar-refractivity contribution in [2.45, 2.75) is 20.3 Å². The van der Waals surface area contributed by atoms with E-state index in [0.717, 1.165) is 12.7 Å². The Morgan fingerprint density at radius 2 is 1.47 bits per heavy atom. The van der Waals surface area contributed by atoms with Gasteiger partial charge in [0, 0.05) is 17.9 Å². The molecule has 154 valence electrons. The molecule has 0 radical (unpaired) electrons. The molecule has 0 saturated heterocycles. The van der Waals surface area contributed by atoms with Gasteiger partial charge in [0.1, 0.15) is 0 Å². The summed E-state index contributed by atoms with van der Waals surface area (Å²) in [6.45, 7) is 5.28. The van der Waals surface area contributed by atoms with E-state index in [4.69, 9.17) is 0 Å². The molecule has 0 amide bonds. The zero-order valence-electron chi connectivity index (χ0n) is 18.1. The second-order valence-corrected chi connectivity index (χ2v) is 9.82. The van der Waals surface area contributed by atoms with Crippen LogP contribution in [0.25, 0.3) is 0 Å². The highest BCUT2D eigenvalue weighted by Crippen LogP contribution is 2.36. The van der Waals surface area contributed by atoms with Crippen molar-refractivity contribution < 1.29 is 0 Å². The number of allylic oxidation sites excluding steroid dienone is 4.